The summed E-state index contributed by atoms with van der Waals surface area (Å²) in [5, 5.41) is 6.19. The minimum Gasteiger partial charge on any atom is -0.340 e. The monoisotopic (exact) mass is 458 g/mol. The molecule has 0 radical (unpaired) electrons. The molecule has 0 aliphatic rings. The van der Waals surface area contributed by atoms with Crippen molar-refractivity contribution in [2.24, 2.45) is 0 Å². The Bertz CT molecular complexity index is 1190. The minimum absolute atomic E-state index is 0.180. The standard InChI is InChI=1S/C24H19BrN4O/c1-16-26-22(17-7-3-2-4-8-17)15-23(27-16)28-20-11-5-9-18(13-20)24(30)29-21-12-6-10-19(25)14-21/h2-15H,1H3,(H,29,30)(H,26,27,28). The van der Waals surface area contributed by atoms with Gasteiger partial charge in [-0.15, -0.1) is 0 Å². The average Bonchev–Trinajstić information content (AvgIpc) is 2.74. The van der Waals surface area contributed by atoms with E-state index >= 15 is 0 Å². The summed E-state index contributed by atoms with van der Waals surface area (Å²) in [5.74, 6) is 1.16. The van der Waals surface area contributed by atoms with Crippen LogP contribution in [0.15, 0.2) is 89.4 Å². The highest BCUT2D eigenvalue weighted by molar-refractivity contribution is 9.10. The molecule has 3 aromatic carbocycles. The van der Waals surface area contributed by atoms with Crippen LogP contribution in [0.5, 0.6) is 0 Å². The summed E-state index contributed by atoms with van der Waals surface area (Å²) < 4.78 is 0.907. The molecule has 0 spiro atoms. The Kier molecular flexibility index (Phi) is 5.86. The van der Waals surface area contributed by atoms with Gasteiger partial charge < -0.3 is 10.6 Å². The molecule has 0 fully saturated rings. The number of amides is 1. The third-order valence-electron chi connectivity index (χ3n) is 4.39. The van der Waals surface area contributed by atoms with E-state index in [0.29, 0.717) is 17.2 Å². The van der Waals surface area contributed by atoms with Crippen LogP contribution in [0.3, 0.4) is 0 Å². The first-order chi connectivity index (χ1) is 14.6. The largest absolute Gasteiger partial charge is 0.340 e. The van der Waals surface area contributed by atoms with Gasteiger partial charge in [-0.2, -0.15) is 0 Å². The zero-order chi connectivity index (χ0) is 20.9. The van der Waals surface area contributed by atoms with Crippen molar-refractivity contribution < 1.29 is 4.79 Å². The van der Waals surface area contributed by atoms with E-state index in [2.05, 4.69) is 36.5 Å². The molecule has 0 aliphatic heterocycles. The van der Waals surface area contributed by atoms with Crippen molar-refractivity contribution in [1.29, 1.82) is 0 Å². The van der Waals surface area contributed by atoms with Crippen molar-refractivity contribution >= 4 is 39.0 Å². The lowest BCUT2D eigenvalue weighted by molar-refractivity contribution is 0.102. The number of carbonyl (C=O) groups excluding carboxylic acids is 1. The summed E-state index contributed by atoms with van der Waals surface area (Å²) in [6.45, 7) is 1.86. The summed E-state index contributed by atoms with van der Waals surface area (Å²) in [5.41, 5.74) is 3.91. The number of rotatable bonds is 5. The molecule has 6 heteroatoms. The third kappa shape index (κ3) is 4.90. The number of nitrogens with one attached hydrogen (secondary N) is 2. The van der Waals surface area contributed by atoms with Gasteiger partial charge in [-0.05, 0) is 43.3 Å². The molecule has 5 nitrogen and oxygen atoms in total. The smallest absolute Gasteiger partial charge is 0.255 e. The maximum absolute atomic E-state index is 12.6. The molecule has 2 N–H and O–H groups in total. The topological polar surface area (TPSA) is 66.9 Å². The van der Waals surface area contributed by atoms with Crippen LogP contribution >= 0.6 is 15.9 Å². The molecule has 0 unspecified atom stereocenters. The van der Waals surface area contributed by atoms with Crippen molar-refractivity contribution in [2.75, 3.05) is 10.6 Å². The van der Waals surface area contributed by atoms with Crippen LogP contribution in [0.25, 0.3) is 11.3 Å². The fourth-order valence-corrected chi connectivity index (χ4v) is 3.44. The van der Waals surface area contributed by atoms with Crippen molar-refractivity contribution in [3.63, 3.8) is 0 Å². The second-order valence-electron chi connectivity index (χ2n) is 6.72. The van der Waals surface area contributed by atoms with E-state index in [-0.39, 0.29) is 5.91 Å². The Morgan fingerprint density at radius 1 is 0.833 bits per heavy atom. The molecule has 0 aliphatic carbocycles. The minimum atomic E-state index is -0.180. The van der Waals surface area contributed by atoms with Crippen molar-refractivity contribution in [1.82, 2.24) is 9.97 Å². The maximum Gasteiger partial charge on any atom is 0.255 e. The molecule has 0 saturated carbocycles. The molecule has 0 saturated heterocycles. The lowest BCUT2D eigenvalue weighted by Crippen LogP contribution is -2.12. The van der Waals surface area contributed by atoms with Crippen molar-refractivity contribution in [3.8, 4) is 11.3 Å². The van der Waals surface area contributed by atoms with Gasteiger partial charge in [-0.25, -0.2) is 9.97 Å². The number of halogens is 1. The lowest BCUT2D eigenvalue weighted by atomic mass is 10.1. The fourth-order valence-electron chi connectivity index (χ4n) is 3.04. The predicted octanol–water partition coefficient (Wildman–Crippen LogP) is 6.21. The molecular weight excluding hydrogens is 440 g/mol. The van der Waals surface area contributed by atoms with Crippen LogP contribution in [0, 0.1) is 6.92 Å². The Hall–Kier alpha value is -3.51. The number of aromatic nitrogens is 2. The lowest BCUT2D eigenvalue weighted by Gasteiger charge is -2.11. The molecular formula is C24H19BrN4O. The van der Waals surface area contributed by atoms with E-state index in [4.69, 9.17) is 0 Å². The summed E-state index contributed by atoms with van der Waals surface area (Å²) in [4.78, 5) is 21.6. The molecule has 0 bridgehead atoms. The molecule has 30 heavy (non-hydrogen) atoms. The summed E-state index contributed by atoms with van der Waals surface area (Å²) in [6, 6.07) is 26.7. The first-order valence-corrected chi connectivity index (χ1v) is 10.2. The number of benzene rings is 3. The first-order valence-electron chi connectivity index (χ1n) is 9.42. The van der Waals surface area contributed by atoms with Gasteiger partial charge >= 0.3 is 0 Å². The SMILES string of the molecule is Cc1nc(Nc2cccc(C(=O)Nc3cccc(Br)c3)c2)cc(-c2ccccc2)n1. The quantitative estimate of drug-likeness (QED) is 0.372. The molecule has 148 valence electrons. The fraction of sp³-hybridized carbons (Fsp3) is 0.0417. The van der Waals surface area contributed by atoms with E-state index in [1.807, 2.05) is 79.7 Å². The Morgan fingerprint density at radius 3 is 2.40 bits per heavy atom. The van der Waals surface area contributed by atoms with Crippen molar-refractivity contribution in [3.05, 3.63) is 101 Å². The summed E-state index contributed by atoms with van der Waals surface area (Å²) in [6.07, 6.45) is 0. The van der Waals surface area contributed by atoms with Crippen LogP contribution in [0.2, 0.25) is 0 Å². The summed E-state index contributed by atoms with van der Waals surface area (Å²) >= 11 is 3.41. The van der Waals surface area contributed by atoms with Crippen LogP contribution in [-0.4, -0.2) is 15.9 Å². The molecule has 1 heterocycles. The number of hydrogen-bond acceptors (Lipinski definition) is 4. The van der Waals surface area contributed by atoms with Gasteiger partial charge in [0, 0.05) is 33.0 Å². The van der Waals surface area contributed by atoms with Gasteiger partial charge in [-0.1, -0.05) is 58.4 Å². The number of nitrogens with zero attached hydrogens (tertiary/aromatic N) is 2. The normalized spacial score (nSPS) is 10.5. The van der Waals surface area contributed by atoms with E-state index in [9.17, 15) is 4.79 Å². The maximum atomic E-state index is 12.6. The van der Waals surface area contributed by atoms with E-state index in [0.717, 1.165) is 27.1 Å². The number of carbonyl (C=O) groups is 1. The van der Waals surface area contributed by atoms with Gasteiger partial charge in [0.1, 0.15) is 11.6 Å². The van der Waals surface area contributed by atoms with E-state index in [1.54, 1.807) is 12.1 Å². The van der Waals surface area contributed by atoms with E-state index < -0.39 is 0 Å². The Labute approximate surface area is 183 Å². The van der Waals surface area contributed by atoms with Gasteiger partial charge in [0.15, 0.2) is 0 Å². The average molecular weight is 459 g/mol. The number of hydrogen-bond donors (Lipinski definition) is 2. The second kappa shape index (κ2) is 8.88. The molecule has 1 amide bonds. The number of aryl methyl sites for hydroxylation is 1. The predicted molar refractivity (Wildman–Crippen MR) is 124 cm³/mol. The highest BCUT2D eigenvalue weighted by Crippen LogP contribution is 2.23. The van der Waals surface area contributed by atoms with Crippen LogP contribution in [0.4, 0.5) is 17.2 Å². The Balaban J connectivity index is 1.55. The van der Waals surface area contributed by atoms with Crippen molar-refractivity contribution in [2.45, 2.75) is 6.92 Å². The Morgan fingerprint density at radius 2 is 1.60 bits per heavy atom. The highest BCUT2D eigenvalue weighted by Gasteiger charge is 2.09. The zero-order valence-corrected chi connectivity index (χ0v) is 17.8. The molecule has 4 rings (SSSR count). The molecule has 4 aromatic rings. The van der Waals surface area contributed by atoms with Gasteiger partial charge in [-0.3, -0.25) is 4.79 Å². The van der Waals surface area contributed by atoms with Gasteiger partial charge in [0.2, 0.25) is 0 Å². The summed E-state index contributed by atoms with van der Waals surface area (Å²) in [7, 11) is 0. The van der Waals surface area contributed by atoms with Crippen LogP contribution in [0.1, 0.15) is 16.2 Å². The zero-order valence-electron chi connectivity index (χ0n) is 16.3. The van der Waals surface area contributed by atoms with Crippen LogP contribution < -0.4 is 10.6 Å². The highest BCUT2D eigenvalue weighted by atomic mass is 79.9. The third-order valence-corrected chi connectivity index (χ3v) is 4.88. The molecule has 1 aromatic heterocycles. The van der Waals surface area contributed by atoms with E-state index in [1.165, 1.54) is 0 Å². The van der Waals surface area contributed by atoms with Gasteiger partial charge in [0.05, 0.1) is 5.69 Å². The van der Waals surface area contributed by atoms with Gasteiger partial charge in [0.25, 0.3) is 5.91 Å². The number of anilines is 3. The first kappa shape index (κ1) is 19.8. The molecule has 0 atom stereocenters. The van der Waals surface area contributed by atoms with Crippen LogP contribution in [-0.2, 0) is 0 Å². The second-order valence-corrected chi connectivity index (χ2v) is 7.64.